The first-order chi connectivity index (χ1) is 12.2. The van der Waals surface area contributed by atoms with Crippen LogP contribution in [0.25, 0.3) is 11.1 Å². The SMILES string of the molecule is Nc1c(C(=O)Nc2ccccc2)ccc(-c2ccccc2)c1C1CC1. The number of carbonyl (C=O) groups excluding carboxylic acids is 1. The Balaban J connectivity index is 1.73. The van der Waals surface area contributed by atoms with Crippen molar-refractivity contribution in [3.63, 3.8) is 0 Å². The van der Waals surface area contributed by atoms with Crippen molar-refractivity contribution in [3.8, 4) is 11.1 Å². The molecule has 1 amide bonds. The number of carbonyl (C=O) groups is 1. The Morgan fingerprint density at radius 2 is 1.52 bits per heavy atom. The summed E-state index contributed by atoms with van der Waals surface area (Å²) in [5, 5.41) is 2.93. The topological polar surface area (TPSA) is 55.1 Å². The van der Waals surface area contributed by atoms with Crippen molar-refractivity contribution < 1.29 is 4.79 Å². The lowest BCUT2D eigenvalue weighted by atomic mass is 9.92. The molecule has 3 heteroatoms. The van der Waals surface area contributed by atoms with Gasteiger partial charge in [0.1, 0.15) is 0 Å². The molecule has 0 saturated heterocycles. The first kappa shape index (κ1) is 15.5. The summed E-state index contributed by atoms with van der Waals surface area (Å²) in [5.41, 5.74) is 11.8. The van der Waals surface area contributed by atoms with Crippen LogP contribution >= 0.6 is 0 Å². The molecule has 0 bridgehead atoms. The Kier molecular flexibility index (Phi) is 3.98. The Hall–Kier alpha value is -3.07. The number of benzene rings is 3. The van der Waals surface area contributed by atoms with Crippen molar-refractivity contribution in [2.45, 2.75) is 18.8 Å². The molecular weight excluding hydrogens is 308 g/mol. The van der Waals surface area contributed by atoms with Crippen LogP contribution in [0.3, 0.4) is 0 Å². The van der Waals surface area contributed by atoms with Crippen LogP contribution in [0.1, 0.15) is 34.7 Å². The fourth-order valence-electron chi connectivity index (χ4n) is 3.24. The molecule has 0 radical (unpaired) electrons. The summed E-state index contributed by atoms with van der Waals surface area (Å²) in [6, 6.07) is 23.5. The zero-order chi connectivity index (χ0) is 17.2. The minimum absolute atomic E-state index is 0.162. The number of nitrogens with two attached hydrogens (primary N) is 1. The number of para-hydroxylation sites is 1. The third-order valence-electron chi connectivity index (χ3n) is 4.63. The van der Waals surface area contributed by atoms with Gasteiger partial charge < -0.3 is 11.1 Å². The molecule has 1 aliphatic rings. The molecule has 0 spiro atoms. The van der Waals surface area contributed by atoms with Gasteiger partial charge in [0.15, 0.2) is 0 Å². The molecule has 4 rings (SSSR count). The van der Waals surface area contributed by atoms with Gasteiger partial charge in [-0.1, -0.05) is 54.6 Å². The summed E-state index contributed by atoms with van der Waals surface area (Å²) in [6.07, 6.45) is 2.27. The van der Waals surface area contributed by atoms with E-state index in [9.17, 15) is 4.79 Å². The standard InChI is InChI=1S/C22H20N2O/c23-21-19(22(25)24-17-9-5-2-6-10-17)14-13-18(20(21)16-11-12-16)15-7-3-1-4-8-15/h1-10,13-14,16H,11-12,23H2,(H,24,25). The average molecular weight is 328 g/mol. The molecule has 0 aliphatic heterocycles. The maximum Gasteiger partial charge on any atom is 0.257 e. The average Bonchev–Trinajstić information content (AvgIpc) is 3.48. The lowest BCUT2D eigenvalue weighted by Crippen LogP contribution is -2.15. The number of amides is 1. The summed E-state index contributed by atoms with van der Waals surface area (Å²) in [5.74, 6) is 0.296. The van der Waals surface area contributed by atoms with Crippen molar-refractivity contribution in [1.82, 2.24) is 0 Å². The van der Waals surface area contributed by atoms with E-state index in [0.29, 0.717) is 17.2 Å². The van der Waals surface area contributed by atoms with E-state index in [4.69, 9.17) is 5.73 Å². The Morgan fingerprint density at radius 1 is 0.880 bits per heavy atom. The summed E-state index contributed by atoms with van der Waals surface area (Å²) in [4.78, 5) is 12.7. The van der Waals surface area contributed by atoms with Crippen molar-refractivity contribution in [1.29, 1.82) is 0 Å². The van der Waals surface area contributed by atoms with Gasteiger partial charge in [-0.05, 0) is 53.6 Å². The smallest absolute Gasteiger partial charge is 0.257 e. The highest BCUT2D eigenvalue weighted by Crippen LogP contribution is 2.48. The van der Waals surface area contributed by atoms with Gasteiger partial charge in [0.2, 0.25) is 0 Å². The van der Waals surface area contributed by atoms with E-state index in [2.05, 4.69) is 17.4 Å². The van der Waals surface area contributed by atoms with Gasteiger partial charge in [-0.15, -0.1) is 0 Å². The number of anilines is 2. The number of hydrogen-bond donors (Lipinski definition) is 2. The van der Waals surface area contributed by atoms with E-state index >= 15 is 0 Å². The van der Waals surface area contributed by atoms with Crippen LogP contribution in [0.4, 0.5) is 11.4 Å². The van der Waals surface area contributed by atoms with Crippen LogP contribution in [0.5, 0.6) is 0 Å². The zero-order valence-electron chi connectivity index (χ0n) is 13.9. The molecule has 0 aromatic heterocycles. The molecule has 0 atom stereocenters. The molecule has 3 aromatic carbocycles. The van der Waals surface area contributed by atoms with E-state index in [0.717, 1.165) is 35.2 Å². The van der Waals surface area contributed by atoms with E-state index in [1.54, 1.807) is 0 Å². The van der Waals surface area contributed by atoms with E-state index in [1.165, 1.54) is 0 Å². The fourth-order valence-corrected chi connectivity index (χ4v) is 3.24. The van der Waals surface area contributed by atoms with Gasteiger partial charge >= 0.3 is 0 Å². The highest BCUT2D eigenvalue weighted by Gasteiger charge is 2.30. The Bertz CT molecular complexity index is 900. The lowest BCUT2D eigenvalue weighted by molar-refractivity contribution is 0.102. The van der Waals surface area contributed by atoms with Gasteiger partial charge in [-0.25, -0.2) is 0 Å². The molecule has 1 aliphatic carbocycles. The second-order valence-electron chi connectivity index (χ2n) is 6.45. The number of nitrogens with one attached hydrogen (secondary N) is 1. The largest absolute Gasteiger partial charge is 0.398 e. The summed E-state index contributed by atoms with van der Waals surface area (Å²) >= 11 is 0. The van der Waals surface area contributed by atoms with Crippen LogP contribution in [-0.2, 0) is 0 Å². The van der Waals surface area contributed by atoms with Gasteiger partial charge in [0.05, 0.1) is 5.56 Å². The highest BCUT2D eigenvalue weighted by molar-refractivity contribution is 6.09. The van der Waals surface area contributed by atoms with Crippen LogP contribution in [-0.4, -0.2) is 5.91 Å². The molecule has 1 fully saturated rings. The molecule has 3 aromatic rings. The van der Waals surface area contributed by atoms with Crippen LogP contribution < -0.4 is 11.1 Å². The Labute approximate surface area is 147 Å². The maximum atomic E-state index is 12.7. The summed E-state index contributed by atoms with van der Waals surface area (Å²) in [7, 11) is 0. The molecule has 0 heterocycles. The van der Waals surface area contributed by atoms with Crippen LogP contribution in [0.2, 0.25) is 0 Å². The quantitative estimate of drug-likeness (QED) is 0.657. The van der Waals surface area contributed by atoms with E-state index in [-0.39, 0.29) is 5.91 Å². The molecule has 124 valence electrons. The van der Waals surface area contributed by atoms with Gasteiger partial charge in [-0.3, -0.25) is 4.79 Å². The second-order valence-corrected chi connectivity index (χ2v) is 6.45. The predicted octanol–water partition coefficient (Wildman–Crippen LogP) is 5.07. The third-order valence-corrected chi connectivity index (χ3v) is 4.63. The minimum atomic E-state index is -0.162. The monoisotopic (exact) mass is 328 g/mol. The van der Waals surface area contributed by atoms with Crippen molar-refractivity contribution in [3.05, 3.63) is 83.9 Å². The Morgan fingerprint density at radius 3 is 2.16 bits per heavy atom. The first-order valence-corrected chi connectivity index (χ1v) is 8.58. The summed E-state index contributed by atoms with van der Waals surface area (Å²) in [6.45, 7) is 0. The predicted molar refractivity (Wildman–Crippen MR) is 103 cm³/mol. The maximum absolute atomic E-state index is 12.7. The van der Waals surface area contributed by atoms with Crippen molar-refractivity contribution in [2.24, 2.45) is 0 Å². The van der Waals surface area contributed by atoms with Crippen molar-refractivity contribution in [2.75, 3.05) is 11.1 Å². The van der Waals surface area contributed by atoms with Crippen LogP contribution in [0, 0.1) is 0 Å². The van der Waals surface area contributed by atoms with E-state index in [1.807, 2.05) is 60.7 Å². The van der Waals surface area contributed by atoms with Gasteiger partial charge in [0.25, 0.3) is 5.91 Å². The number of rotatable bonds is 4. The molecule has 25 heavy (non-hydrogen) atoms. The van der Waals surface area contributed by atoms with E-state index < -0.39 is 0 Å². The lowest BCUT2D eigenvalue weighted by Gasteiger charge is -2.16. The normalized spacial score (nSPS) is 13.4. The first-order valence-electron chi connectivity index (χ1n) is 8.58. The minimum Gasteiger partial charge on any atom is -0.398 e. The third kappa shape index (κ3) is 3.13. The van der Waals surface area contributed by atoms with Gasteiger partial charge in [0, 0.05) is 11.4 Å². The summed E-state index contributed by atoms with van der Waals surface area (Å²) < 4.78 is 0. The van der Waals surface area contributed by atoms with Crippen molar-refractivity contribution >= 4 is 17.3 Å². The van der Waals surface area contributed by atoms with Crippen LogP contribution in [0.15, 0.2) is 72.8 Å². The number of nitrogen functional groups attached to an aromatic ring is 1. The molecule has 1 saturated carbocycles. The second kappa shape index (κ2) is 6.44. The molecule has 3 N–H and O–H groups in total. The molecular formula is C22H20N2O. The van der Waals surface area contributed by atoms with Gasteiger partial charge in [-0.2, -0.15) is 0 Å². The highest BCUT2D eigenvalue weighted by atomic mass is 16.1. The fraction of sp³-hybridized carbons (Fsp3) is 0.136. The molecule has 0 unspecified atom stereocenters. The zero-order valence-corrected chi connectivity index (χ0v) is 13.9. The number of hydrogen-bond acceptors (Lipinski definition) is 2. The molecule has 3 nitrogen and oxygen atoms in total.